The average Bonchev–Trinajstić information content (AvgIpc) is 2.43. The van der Waals surface area contributed by atoms with Crippen LogP contribution in [0.5, 0.6) is 5.75 Å². The third kappa shape index (κ3) is 2.97. The maximum absolute atomic E-state index is 12.6. The molecule has 0 heterocycles. The van der Waals surface area contributed by atoms with Gasteiger partial charge in [-0.05, 0) is 25.3 Å². The monoisotopic (exact) mass is 294 g/mol. The number of para-hydroxylation sites is 1. The molecule has 1 amide bonds. The first-order chi connectivity index (χ1) is 10.1. The summed E-state index contributed by atoms with van der Waals surface area (Å²) in [4.78, 5) is 24.6. The molecule has 1 N–H and O–H groups in total. The molecule has 0 atom stereocenters. The van der Waals surface area contributed by atoms with E-state index >= 15 is 0 Å². The largest absolute Gasteiger partial charge is 0.490 e. The van der Waals surface area contributed by atoms with Gasteiger partial charge in [0.2, 0.25) is 5.75 Å². The van der Waals surface area contributed by atoms with Gasteiger partial charge in [-0.1, -0.05) is 6.07 Å². The van der Waals surface area contributed by atoms with Crippen molar-refractivity contribution in [3.8, 4) is 5.75 Å². The molecular weight excluding hydrogens is 276 g/mol. The Morgan fingerprint density at radius 1 is 1.52 bits per heavy atom. The van der Waals surface area contributed by atoms with Gasteiger partial charge in [0.05, 0.1) is 24.2 Å². The van der Waals surface area contributed by atoms with E-state index in [1.54, 1.807) is 4.90 Å². The van der Waals surface area contributed by atoms with Crippen LogP contribution in [-0.2, 0) is 0 Å². The van der Waals surface area contributed by atoms with Crippen molar-refractivity contribution >= 4 is 11.6 Å². The lowest BCUT2D eigenvalue weighted by Gasteiger charge is -2.37. The number of methoxy groups -OCH3 is 1. The van der Waals surface area contributed by atoms with Gasteiger partial charge in [-0.25, -0.2) is 0 Å². The Labute approximate surface area is 122 Å². The second-order valence-electron chi connectivity index (χ2n) is 4.92. The maximum Gasteiger partial charge on any atom is 0.311 e. The zero-order chi connectivity index (χ0) is 15.4. The van der Waals surface area contributed by atoms with Gasteiger partial charge in [-0.3, -0.25) is 14.9 Å². The van der Waals surface area contributed by atoms with Crippen LogP contribution in [0, 0.1) is 10.1 Å². The molecule has 0 unspecified atom stereocenters. The quantitative estimate of drug-likeness (QED) is 0.635. The normalized spacial score (nSPS) is 14.4. The van der Waals surface area contributed by atoms with E-state index in [2.05, 4.69) is 0 Å². The van der Waals surface area contributed by atoms with E-state index in [1.807, 2.05) is 0 Å². The van der Waals surface area contributed by atoms with Crippen LogP contribution in [0.25, 0.3) is 0 Å². The van der Waals surface area contributed by atoms with E-state index in [9.17, 15) is 14.9 Å². The Balaban J connectivity index is 2.36. The lowest BCUT2D eigenvalue weighted by atomic mass is 9.91. The van der Waals surface area contributed by atoms with E-state index in [1.165, 1.54) is 25.3 Å². The molecule has 2 rings (SSSR count). The second kappa shape index (κ2) is 6.53. The van der Waals surface area contributed by atoms with Crippen molar-refractivity contribution in [3.63, 3.8) is 0 Å². The zero-order valence-corrected chi connectivity index (χ0v) is 11.8. The van der Waals surface area contributed by atoms with Crippen LogP contribution in [0.15, 0.2) is 18.2 Å². The fourth-order valence-electron chi connectivity index (χ4n) is 2.46. The van der Waals surface area contributed by atoms with E-state index in [4.69, 9.17) is 9.84 Å². The van der Waals surface area contributed by atoms with Crippen molar-refractivity contribution in [2.24, 2.45) is 0 Å². The summed E-state index contributed by atoms with van der Waals surface area (Å²) < 4.78 is 5.07. The number of ether oxygens (including phenoxy) is 1. The van der Waals surface area contributed by atoms with E-state index in [0.717, 1.165) is 19.3 Å². The maximum atomic E-state index is 12.6. The Hall–Kier alpha value is -2.15. The van der Waals surface area contributed by atoms with Crippen LogP contribution >= 0.6 is 0 Å². The molecule has 114 valence electrons. The first-order valence-corrected chi connectivity index (χ1v) is 6.83. The van der Waals surface area contributed by atoms with Crippen molar-refractivity contribution in [1.29, 1.82) is 0 Å². The number of hydrogen-bond acceptors (Lipinski definition) is 5. The van der Waals surface area contributed by atoms with Crippen LogP contribution in [0.4, 0.5) is 5.69 Å². The highest BCUT2D eigenvalue weighted by Gasteiger charge is 2.32. The molecule has 1 aromatic carbocycles. The molecule has 0 saturated heterocycles. The highest BCUT2D eigenvalue weighted by molar-refractivity contribution is 5.98. The highest BCUT2D eigenvalue weighted by Crippen LogP contribution is 2.33. The Kier molecular flexibility index (Phi) is 4.74. The van der Waals surface area contributed by atoms with E-state index < -0.39 is 4.92 Å². The number of amides is 1. The number of carbonyl (C=O) groups excluding carboxylic acids is 1. The number of aliphatic hydroxyl groups excluding tert-OH is 1. The molecule has 0 spiro atoms. The fraction of sp³-hybridized carbons (Fsp3) is 0.500. The predicted octanol–water partition coefficient (Wildman–Crippen LogP) is 1.59. The van der Waals surface area contributed by atoms with Crippen molar-refractivity contribution in [2.75, 3.05) is 20.3 Å². The molecule has 1 aromatic rings. The van der Waals surface area contributed by atoms with Crippen molar-refractivity contribution in [1.82, 2.24) is 4.90 Å². The molecule has 1 aliphatic carbocycles. The van der Waals surface area contributed by atoms with Crippen LogP contribution in [0.3, 0.4) is 0 Å². The van der Waals surface area contributed by atoms with Gasteiger partial charge < -0.3 is 14.7 Å². The molecule has 1 aliphatic rings. The molecule has 1 fully saturated rings. The molecule has 0 aromatic heterocycles. The number of carbonyl (C=O) groups is 1. The van der Waals surface area contributed by atoms with Crippen LogP contribution in [0.2, 0.25) is 0 Å². The minimum Gasteiger partial charge on any atom is -0.490 e. The SMILES string of the molecule is COc1c(C(=O)N(CCO)C2CCC2)cccc1[N+](=O)[O-]. The molecule has 0 radical (unpaired) electrons. The van der Waals surface area contributed by atoms with Gasteiger partial charge in [0, 0.05) is 18.7 Å². The summed E-state index contributed by atoms with van der Waals surface area (Å²) in [5, 5.41) is 20.1. The average molecular weight is 294 g/mol. The standard InChI is InChI=1S/C14H18N2O5/c1-21-13-11(6-3-7-12(13)16(19)20)14(18)15(8-9-17)10-4-2-5-10/h3,6-7,10,17H,2,4-5,8-9H2,1H3. The number of nitro groups is 1. The summed E-state index contributed by atoms with van der Waals surface area (Å²) in [5.41, 5.74) is -0.0760. The van der Waals surface area contributed by atoms with Gasteiger partial charge in [0.15, 0.2) is 0 Å². The molecule has 0 aliphatic heterocycles. The van der Waals surface area contributed by atoms with Crippen LogP contribution < -0.4 is 4.74 Å². The molecule has 0 bridgehead atoms. The first kappa shape index (κ1) is 15.2. The minimum atomic E-state index is -0.574. The first-order valence-electron chi connectivity index (χ1n) is 6.83. The minimum absolute atomic E-state index is 0.0326. The third-order valence-electron chi connectivity index (χ3n) is 3.74. The summed E-state index contributed by atoms with van der Waals surface area (Å²) in [6, 6.07) is 4.37. The number of nitrogens with zero attached hydrogens (tertiary/aromatic N) is 2. The number of hydrogen-bond donors (Lipinski definition) is 1. The molecule has 21 heavy (non-hydrogen) atoms. The van der Waals surface area contributed by atoms with Gasteiger partial charge in [0.1, 0.15) is 0 Å². The van der Waals surface area contributed by atoms with Crippen molar-refractivity contribution in [2.45, 2.75) is 25.3 Å². The van der Waals surface area contributed by atoms with Gasteiger partial charge in [0.25, 0.3) is 5.91 Å². The second-order valence-corrected chi connectivity index (χ2v) is 4.92. The van der Waals surface area contributed by atoms with Gasteiger partial charge >= 0.3 is 5.69 Å². The van der Waals surface area contributed by atoms with Gasteiger partial charge in [-0.15, -0.1) is 0 Å². The van der Waals surface area contributed by atoms with E-state index in [0.29, 0.717) is 0 Å². The Morgan fingerprint density at radius 3 is 2.71 bits per heavy atom. The molecular formula is C14H18N2O5. The molecule has 7 heteroatoms. The number of nitro benzene ring substituents is 1. The number of benzene rings is 1. The van der Waals surface area contributed by atoms with Crippen LogP contribution in [-0.4, -0.2) is 47.1 Å². The fourth-order valence-corrected chi connectivity index (χ4v) is 2.46. The predicted molar refractivity (Wildman–Crippen MR) is 75.4 cm³/mol. The van der Waals surface area contributed by atoms with Crippen molar-refractivity contribution < 1.29 is 19.6 Å². The zero-order valence-electron chi connectivity index (χ0n) is 11.8. The highest BCUT2D eigenvalue weighted by atomic mass is 16.6. The lowest BCUT2D eigenvalue weighted by molar-refractivity contribution is -0.385. The smallest absolute Gasteiger partial charge is 0.311 e. The number of rotatable bonds is 6. The molecule has 1 saturated carbocycles. The van der Waals surface area contributed by atoms with Gasteiger partial charge in [-0.2, -0.15) is 0 Å². The number of aliphatic hydroxyl groups is 1. The molecule has 7 nitrogen and oxygen atoms in total. The Morgan fingerprint density at radius 2 is 2.24 bits per heavy atom. The summed E-state index contributed by atoms with van der Waals surface area (Å²) >= 11 is 0. The summed E-state index contributed by atoms with van der Waals surface area (Å²) in [6.45, 7) is 0.0782. The van der Waals surface area contributed by atoms with E-state index in [-0.39, 0.29) is 42.1 Å². The topological polar surface area (TPSA) is 92.9 Å². The summed E-state index contributed by atoms with van der Waals surface area (Å²) in [6.07, 6.45) is 2.83. The summed E-state index contributed by atoms with van der Waals surface area (Å²) in [7, 11) is 1.30. The summed E-state index contributed by atoms with van der Waals surface area (Å²) in [5.74, 6) is -0.371. The lowest BCUT2D eigenvalue weighted by Crippen LogP contribution is -2.45. The Bertz CT molecular complexity index is 542. The van der Waals surface area contributed by atoms with Crippen molar-refractivity contribution in [3.05, 3.63) is 33.9 Å². The van der Waals surface area contributed by atoms with Crippen LogP contribution in [0.1, 0.15) is 29.6 Å². The third-order valence-corrected chi connectivity index (χ3v) is 3.74.